The molecule has 0 spiro atoms. The van der Waals surface area contributed by atoms with Gasteiger partial charge in [0.1, 0.15) is 18.2 Å². The van der Waals surface area contributed by atoms with Crippen LogP contribution in [-0.4, -0.2) is 0 Å². The molecule has 7 aromatic carbocycles. The number of nitrogens with zero attached hydrogens (tertiary/aromatic N) is 10. The molecule has 0 radical (unpaired) electrons. The standard InChI is InChI=1S/C60H24N10/c1-68-45-25-44(26-46(27-45)69-2)48(33-66)55-53(40-12-8-5-9-13-40)60(70-3)59-51(41-18-14-35(28-61)15-19-41)56-49(34-67)50(39-10-6-4-7-11-39)54(47(32-65)43-23-37(30-63)22-38(24-43)31-64)57(56)52(58(55)59)42-20-16-36(29-62)17-21-42/h4-27H/b54-47+,55-48+. The lowest BCUT2D eigenvalue weighted by molar-refractivity contribution is 1.43. The molecule has 9 rings (SSSR count). The third-order valence-corrected chi connectivity index (χ3v) is 12.1. The second kappa shape index (κ2) is 18.1. The Morgan fingerprint density at radius 3 is 1.21 bits per heavy atom. The van der Waals surface area contributed by atoms with Crippen molar-refractivity contribution < 1.29 is 0 Å². The molecule has 10 nitrogen and oxygen atoms in total. The zero-order valence-electron chi connectivity index (χ0n) is 36.3. The largest absolute Gasteiger partial charge is 0.239 e. The summed E-state index contributed by atoms with van der Waals surface area (Å²) in [6.07, 6.45) is 0. The summed E-state index contributed by atoms with van der Waals surface area (Å²) in [5.74, 6) is 0. The van der Waals surface area contributed by atoms with E-state index < -0.39 is 0 Å². The van der Waals surface area contributed by atoms with E-state index in [2.05, 4.69) is 57.0 Å². The fourth-order valence-electron chi connectivity index (χ4n) is 9.28. The van der Waals surface area contributed by atoms with Crippen molar-refractivity contribution in [1.82, 2.24) is 0 Å². The fraction of sp³-hybridized carbons (Fsp3) is 0. The van der Waals surface area contributed by atoms with Crippen LogP contribution in [0.2, 0.25) is 0 Å². The van der Waals surface area contributed by atoms with Crippen molar-refractivity contribution in [3.8, 4) is 64.7 Å². The van der Waals surface area contributed by atoms with Gasteiger partial charge < -0.3 is 0 Å². The van der Waals surface area contributed by atoms with E-state index in [-0.39, 0.29) is 67.2 Å². The van der Waals surface area contributed by atoms with Crippen LogP contribution in [0.15, 0.2) is 146 Å². The zero-order chi connectivity index (χ0) is 49.1. The quantitative estimate of drug-likeness (QED) is 0.118. The summed E-state index contributed by atoms with van der Waals surface area (Å²) in [5.41, 5.74) is 6.97. The maximum atomic E-state index is 11.7. The molecule has 0 atom stereocenters. The van der Waals surface area contributed by atoms with Crippen LogP contribution in [-0.2, 0) is 0 Å². The Kier molecular flexibility index (Phi) is 11.3. The molecule has 70 heavy (non-hydrogen) atoms. The molecule has 0 fully saturated rings. The highest BCUT2D eigenvalue weighted by Crippen LogP contribution is 2.63. The predicted octanol–water partition coefficient (Wildman–Crippen LogP) is 13.7. The van der Waals surface area contributed by atoms with Crippen LogP contribution in [0.25, 0.3) is 81.5 Å². The van der Waals surface area contributed by atoms with E-state index in [1.54, 1.807) is 97.1 Å². The molecular formula is C60H24N10. The molecule has 0 bridgehead atoms. The molecule has 0 aliphatic heterocycles. The first-order valence-corrected chi connectivity index (χ1v) is 21.1. The molecule has 0 saturated heterocycles. The Morgan fingerprint density at radius 2 is 0.786 bits per heavy atom. The van der Waals surface area contributed by atoms with Crippen LogP contribution in [0, 0.1) is 99.0 Å². The third-order valence-electron chi connectivity index (χ3n) is 12.1. The van der Waals surface area contributed by atoms with Crippen molar-refractivity contribution >= 4 is 56.1 Å². The highest BCUT2D eigenvalue weighted by atomic mass is 14.7. The molecule has 0 saturated carbocycles. The van der Waals surface area contributed by atoms with E-state index in [0.717, 1.165) is 0 Å². The summed E-state index contributed by atoms with van der Waals surface area (Å²) in [6, 6.07) is 56.0. The molecule has 7 aromatic rings. The summed E-state index contributed by atoms with van der Waals surface area (Å²) < 4.78 is 0. The molecule has 314 valence electrons. The Balaban J connectivity index is 1.66. The van der Waals surface area contributed by atoms with Gasteiger partial charge in [-0.1, -0.05) is 103 Å². The Labute approximate surface area is 402 Å². The van der Waals surface area contributed by atoms with Gasteiger partial charge in [-0.15, -0.1) is 0 Å². The van der Waals surface area contributed by atoms with Crippen LogP contribution in [0.3, 0.4) is 0 Å². The molecule has 10 heteroatoms. The zero-order valence-corrected chi connectivity index (χ0v) is 36.3. The minimum atomic E-state index is -0.00304. The molecule has 0 heterocycles. The number of nitriles is 7. The Morgan fingerprint density at radius 1 is 0.357 bits per heavy atom. The Hall–Kier alpha value is -11.6. The molecule has 2 aliphatic rings. The van der Waals surface area contributed by atoms with Gasteiger partial charge in [0, 0.05) is 22.3 Å². The van der Waals surface area contributed by atoms with Gasteiger partial charge in [-0.2, -0.15) is 36.8 Å². The summed E-state index contributed by atoms with van der Waals surface area (Å²) in [7, 11) is 0. The average molecular weight is 885 g/mol. The van der Waals surface area contributed by atoms with Crippen molar-refractivity contribution in [2.45, 2.75) is 0 Å². The number of benzene rings is 7. The fourth-order valence-corrected chi connectivity index (χ4v) is 9.28. The summed E-state index contributed by atoms with van der Waals surface area (Å²) in [6.45, 7) is 25.0. The van der Waals surface area contributed by atoms with Crippen molar-refractivity contribution in [1.29, 1.82) is 36.8 Å². The van der Waals surface area contributed by atoms with Crippen molar-refractivity contribution in [2.24, 2.45) is 0 Å². The molecule has 2 aliphatic carbocycles. The van der Waals surface area contributed by atoms with E-state index in [1.165, 1.54) is 36.4 Å². The first-order valence-electron chi connectivity index (χ1n) is 21.1. The molecule has 0 aromatic heterocycles. The first-order chi connectivity index (χ1) is 34.3. The summed E-state index contributed by atoms with van der Waals surface area (Å²) in [5, 5.41) is 75.3. The van der Waals surface area contributed by atoms with Gasteiger partial charge >= 0.3 is 0 Å². The molecular weight excluding hydrogens is 861 g/mol. The second-order valence-electron chi connectivity index (χ2n) is 15.8. The topological polar surface area (TPSA) is 180 Å². The van der Waals surface area contributed by atoms with Crippen LogP contribution in [0.4, 0.5) is 11.4 Å². The number of allylic oxidation sites excluding steroid dienone is 7. The molecule has 0 unspecified atom stereocenters. The van der Waals surface area contributed by atoms with Crippen LogP contribution < -0.4 is 0 Å². The number of hydrogen-bond donors (Lipinski definition) is 0. The van der Waals surface area contributed by atoms with Gasteiger partial charge in [0.25, 0.3) is 0 Å². The van der Waals surface area contributed by atoms with E-state index in [0.29, 0.717) is 77.9 Å². The highest BCUT2D eigenvalue weighted by Gasteiger charge is 2.44. The minimum absolute atomic E-state index is 0.00304. The van der Waals surface area contributed by atoms with Gasteiger partial charge in [0.2, 0.25) is 5.70 Å². The first kappa shape index (κ1) is 43.6. The maximum Gasteiger partial charge on any atom is 0.203 e. The summed E-state index contributed by atoms with van der Waals surface area (Å²) >= 11 is 0. The number of hydrogen-bond acceptors (Lipinski definition) is 7. The van der Waals surface area contributed by atoms with E-state index in [1.807, 2.05) is 12.1 Å². The minimum Gasteiger partial charge on any atom is -0.239 e. The van der Waals surface area contributed by atoms with Crippen LogP contribution in [0.1, 0.15) is 66.8 Å². The van der Waals surface area contributed by atoms with Crippen LogP contribution >= 0.6 is 0 Å². The lowest BCUT2D eigenvalue weighted by Crippen LogP contribution is -2.05. The van der Waals surface area contributed by atoms with E-state index in [4.69, 9.17) is 19.7 Å². The second-order valence-corrected chi connectivity index (χ2v) is 15.8. The molecule has 0 amide bonds. The van der Waals surface area contributed by atoms with Crippen LogP contribution in [0.5, 0.6) is 0 Å². The average Bonchev–Trinajstić information content (AvgIpc) is 3.93. The summed E-state index contributed by atoms with van der Waals surface area (Å²) in [4.78, 5) is 11.5. The lowest BCUT2D eigenvalue weighted by Gasteiger charge is -2.25. The number of rotatable bonds is 6. The van der Waals surface area contributed by atoms with Crippen molar-refractivity contribution in [2.75, 3.05) is 0 Å². The third kappa shape index (κ3) is 7.08. The molecule has 0 N–H and O–H groups in total. The monoisotopic (exact) mass is 884 g/mol. The number of fused-ring (bicyclic) bond motifs is 2. The van der Waals surface area contributed by atoms with Gasteiger partial charge in [0.15, 0.2) is 11.4 Å². The Bertz CT molecular complexity index is 3790. The van der Waals surface area contributed by atoms with Gasteiger partial charge in [0.05, 0.1) is 83.0 Å². The highest BCUT2D eigenvalue weighted by molar-refractivity contribution is 6.38. The van der Waals surface area contributed by atoms with Crippen molar-refractivity contribution in [3.63, 3.8) is 0 Å². The predicted molar refractivity (Wildman–Crippen MR) is 265 cm³/mol. The van der Waals surface area contributed by atoms with Crippen molar-refractivity contribution in [3.05, 3.63) is 247 Å². The van der Waals surface area contributed by atoms with Gasteiger partial charge in [-0.3, -0.25) is 0 Å². The SMILES string of the molecule is [C-]#[N+]C1=C(c2ccccc2)/C(=C(/C#N)c2cc([N+]#[C-])cc([N+]#[C-])c2)c2c1c(-c1ccc(C#N)cc1)c1c(c2-c2ccc(C#N)cc2)/C(=C(\C#N)c2cc(C#N)cc(C#N)c2)C(c2ccccc2)=C1C#N. The lowest BCUT2D eigenvalue weighted by atomic mass is 9.77. The van der Waals surface area contributed by atoms with E-state index >= 15 is 0 Å². The van der Waals surface area contributed by atoms with Gasteiger partial charge in [-0.25, -0.2) is 14.5 Å². The smallest absolute Gasteiger partial charge is 0.203 e. The maximum absolute atomic E-state index is 11.7. The van der Waals surface area contributed by atoms with E-state index in [9.17, 15) is 36.8 Å². The normalized spacial score (nSPS) is 13.2. The van der Waals surface area contributed by atoms with Gasteiger partial charge in [-0.05, 0) is 109 Å².